The second-order valence-electron chi connectivity index (χ2n) is 5.90. The third-order valence-corrected chi connectivity index (χ3v) is 5.42. The van der Waals surface area contributed by atoms with Gasteiger partial charge in [-0.05, 0) is 49.1 Å². The molecule has 1 fully saturated rings. The molecule has 1 saturated heterocycles. The number of rotatable bonds is 7. The van der Waals surface area contributed by atoms with E-state index in [-0.39, 0.29) is 12.0 Å². The molecule has 0 bridgehead atoms. The Kier molecular flexibility index (Phi) is 5.94. The highest BCUT2D eigenvalue weighted by Gasteiger charge is 2.20. The monoisotopic (exact) mass is 361 g/mol. The summed E-state index contributed by atoms with van der Waals surface area (Å²) in [5.74, 6) is 1.37. The van der Waals surface area contributed by atoms with Crippen LogP contribution in [0.3, 0.4) is 0 Å². The molecule has 1 aromatic carbocycles. The minimum absolute atomic E-state index is 0.0327. The van der Waals surface area contributed by atoms with Gasteiger partial charge in [-0.2, -0.15) is 0 Å². The number of amides is 1. The Hall–Kier alpha value is -2.05. The largest absolute Gasteiger partial charge is 0.493 e. The number of hydrogen-bond acceptors (Lipinski definition) is 5. The summed E-state index contributed by atoms with van der Waals surface area (Å²) < 4.78 is 16.2. The smallest absolute Gasteiger partial charge is 0.261 e. The second-order valence-corrected chi connectivity index (χ2v) is 7.01. The summed E-state index contributed by atoms with van der Waals surface area (Å²) >= 11 is 1.52. The molecule has 134 valence electrons. The molecular formula is C19H23NO4S. The minimum atomic E-state index is -0.0327. The number of carbonyl (C=O) groups excluding carboxylic acids is 1. The van der Waals surface area contributed by atoms with Crippen molar-refractivity contribution >= 4 is 17.2 Å². The van der Waals surface area contributed by atoms with E-state index in [2.05, 4.69) is 5.32 Å². The molecule has 5 nitrogen and oxygen atoms in total. The normalized spacial score (nSPS) is 16.6. The molecule has 25 heavy (non-hydrogen) atoms. The van der Waals surface area contributed by atoms with Gasteiger partial charge in [0.05, 0.1) is 25.2 Å². The zero-order valence-electron chi connectivity index (χ0n) is 14.5. The molecule has 1 amide bonds. The van der Waals surface area contributed by atoms with Gasteiger partial charge < -0.3 is 19.5 Å². The lowest BCUT2D eigenvalue weighted by atomic mass is 10.1. The van der Waals surface area contributed by atoms with Crippen LogP contribution in [0.2, 0.25) is 0 Å². The van der Waals surface area contributed by atoms with E-state index in [1.165, 1.54) is 11.3 Å². The molecule has 2 heterocycles. The van der Waals surface area contributed by atoms with Crippen LogP contribution in [-0.4, -0.2) is 33.3 Å². The number of methoxy groups -OCH3 is 2. The van der Waals surface area contributed by atoms with Gasteiger partial charge in [0.2, 0.25) is 0 Å². The van der Waals surface area contributed by atoms with Crippen LogP contribution in [-0.2, 0) is 11.2 Å². The average molecular weight is 361 g/mol. The van der Waals surface area contributed by atoms with Crippen molar-refractivity contribution in [2.75, 3.05) is 27.4 Å². The maximum Gasteiger partial charge on any atom is 0.261 e. The van der Waals surface area contributed by atoms with Crippen molar-refractivity contribution < 1.29 is 19.0 Å². The predicted octanol–water partition coefficient (Wildman–Crippen LogP) is 3.59. The Morgan fingerprint density at radius 2 is 2.08 bits per heavy atom. The maximum atomic E-state index is 12.3. The quantitative estimate of drug-likeness (QED) is 0.819. The lowest BCUT2D eigenvalue weighted by Gasteiger charge is -2.10. The van der Waals surface area contributed by atoms with Crippen molar-refractivity contribution in [3.05, 3.63) is 45.6 Å². The van der Waals surface area contributed by atoms with Crippen molar-refractivity contribution in [1.82, 2.24) is 5.32 Å². The molecule has 1 N–H and O–H groups in total. The minimum Gasteiger partial charge on any atom is -0.493 e. The number of hydrogen-bond donors (Lipinski definition) is 1. The highest BCUT2D eigenvalue weighted by atomic mass is 32.1. The zero-order valence-corrected chi connectivity index (χ0v) is 15.4. The van der Waals surface area contributed by atoms with Crippen LogP contribution in [0.15, 0.2) is 30.3 Å². The van der Waals surface area contributed by atoms with Gasteiger partial charge in [-0.1, -0.05) is 6.07 Å². The Morgan fingerprint density at radius 3 is 2.80 bits per heavy atom. The molecular weight excluding hydrogens is 338 g/mol. The van der Waals surface area contributed by atoms with Crippen LogP contribution in [0.1, 0.15) is 39.1 Å². The summed E-state index contributed by atoms with van der Waals surface area (Å²) in [6.45, 7) is 1.39. The van der Waals surface area contributed by atoms with E-state index in [1.54, 1.807) is 14.2 Å². The van der Waals surface area contributed by atoms with Gasteiger partial charge in [0, 0.05) is 18.0 Å². The lowest BCUT2D eigenvalue weighted by molar-refractivity contribution is 0.0958. The van der Waals surface area contributed by atoms with Crippen molar-refractivity contribution in [3.8, 4) is 11.5 Å². The van der Waals surface area contributed by atoms with E-state index >= 15 is 0 Å². The first-order valence-corrected chi connectivity index (χ1v) is 9.23. The van der Waals surface area contributed by atoms with Gasteiger partial charge in [-0.25, -0.2) is 0 Å². The Labute approximate surface area is 151 Å². The van der Waals surface area contributed by atoms with Crippen LogP contribution in [0, 0.1) is 0 Å². The highest BCUT2D eigenvalue weighted by Crippen LogP contribution is 2.33. The van der Waals surface area contributed by atoms with E-state index in [0.29, 0.717) is 18.0 Å². The Morgan fingerprint density at radius 1 is 1.24 bits per heavy atom. The van der Waals surface area contributed by atoms with Crippen LogP contribution in [0.4, 0.5) is 0 Å². The molecule has 1 aliphatic heterocycles. The summed E-state index contributed by atoms with van der Waals surface area (Å²) in [5, 5.41) is 2.98. The molecule has 0 radical (unpaired) electrons. The average Bonchev–Trinajstić information content (AvgIpc) is 3.32. The Bertz CT molecular complexity index is 722. The number of ether oxygens (including phenoxy) is 3. The molecule has 0 aliphatic carbocycles. The molecule has 1 aromatic heterocycles. The number of carbonyl (C=O) groups is 1. The van der Waals surface area contributed by atoms with E-state index in [0.717, 1.165) is 41.2 Å². The maximum absolute atomic E-state index is 12.3. The molecule has 6 heteroatoms. The first-order chi connectivity index (χ1) is 12.2. The summed E-state index contributed by atoms with van der Waals surface area (Å²) in [6, 6.07) is 9.68. The van der Waals surface area contributed by atoms with E-state index < -0.39 is 0 Å². The van der Waals surface area contributed by atoms with Gasteiger partial charge in [-0.3, -0.25) is 4.79 Å². The lowest BCUT2D eigenvalue weighted by Crippen LogP contribution is -2.24. The molecule has 3 rings (SSSR count). The van der Waals surface area contributed by atoms with Gasteiger partial charge in [0.25, 0.3) is 5.91 Å². The fourth-order valence-corrected chi connectivity index (χ4v) is 3.90. The topological polar surface area (TPSA) is 56.8 Å². The molecule has 1 atom stereocenters. The summed E-state index contributed by atoms with van der Waals surface area (Å²) in [5.41, 5.74) is 1.09. The van der Waals surface area contributed by atoms with Crippen LogP contribution in [0.25, 0.3) is 0 Å². The van der Waals surface area contributed by atoms with Crippen LogP contribution in [0.5, 0.6) is 11.5 Å². The Balaban J connectivity index is 1.52. The molecule has 0 saturated carbocycles. The molecule has 1 aliphatic rings. The highest BCUT2D eigenvalue weighted by molar-refractivity contribution is 7.14. The van der Waals surface area contributed by atoms with Gasteiger partial charge in [0.15, 0.2) is 11.5 Å². The second kappa shape index (κ2) is 8.36. The van der Waals surface area contributed by atoms with E-state index in [9.17, 15) is 4.79 Å². The summed E-state index contributed by atoms with van der Waals surface area (Å²) in [4.78, 5) is 14.2. The van der Waals surface area contributed by atoms with Gasteiger partial charge in [-0.15, -0.1) is 11.3 Å². The van der Waals surface area contributed by atoms with Gasteiger partial charge >= 0.3 is 0 Å². The molecule has 0 spiro atoms. The number of nitrogens with one attached hydrogen (secondary N) is 1. The SMILES string of the molecule is COc1ccc(CCNC(=O)c2ccc([C@H]3CCCO3)s2)cc1OC. The summed E-state index contributed by atoms with van der Waals surface area (Å²) in [6.07, 6.45) is 3.03. The summed E-state index contributed by atoms with van der Waals surface area (Å²) in [7, 11) is 3.23. The predicted molar refractivity (Wildman–Crippen MR) is 97.8 cm³/mol. The third kappa shape index (κ3) is 4.32. The van der Waals surface area contributed by atoms with E-state index in [4.69, 9.17) is 14.2 Å². The molecule has 0 unspecified atom stereocenters. The van der Waals surface area contributed by atoms with E-state index in [1.807, 2.05) is 30.3 Å². The first kappa shape index (κ1) is 17.8. The van der Waals surface area contributed by atoms with Crippen molar-refractivity contribution in [2.45, 2.75) is 25.4 Å². The van der Waals surface area contributed by atoms with Crippen LogP contribution < -0.4 is 14.8 Å². The number of benzene rings is 1. The van der Waals surface area contributed by atoms with Gasteiger partial charge in [0.1, 0.15) is 0 Å². The third-order valence-electron chi connectivity index (χ3n) is 4.24. The van der Waals surface area contributed by atoms with Crippen LogP contribution >= 0.6 is 11.3 Å². The van der Waals surface area contributed by atoms with Crippen molar-refractivity contribution in [3.63, 3.8) is 0 Å². The van der Waals surface area contributed by atoms with Crippen molar-refractivity contribution in [2.24, 2.45) is 0 Å². The molecule has 2 aromatic rings. The zero-order chi connectivity index (χ0) is 17.6. The fraction of sp³-hybridized carbons (Fsp3) is 0.421. The standard InChI is InChI=1S/C19H23NO4S/c1-22-14-6-5-13(12-16(14)23-2)9-10-20-19(21)18-8-7-17(25-18)15-4-3-11-24-15/h5-8,12,15H,3-4,9-11H2,1-2H3,(H,20,21)/t15-/m1/s1. The van der Waals surface area contributed by atoms with Crippen molar-refractivity contribution in [1.29, 1.82) is 0 Å². The first-order valence-electron chi connectivity index (χ1n) is 8.41. The fourth-order valence-electron chi connectivity index (χ4n) is 2.89. The number of thiophene rings is 1.